The fraction of sp³-hybridized carbons (Fsp3) is 0.375. The molecule has 1 aliphatic rings. The van der Waals surface area contributed by atoms with Crippen molar-refractivity contribution in [1.82, 2.24) is 9.88 Å². The number of anilines is 1. The van der Waals surface area contributed by atoms with Crippen LogP contribution < -0.4 is 19.5 Å². The predicted octanol–water partition coefficient (Wildman–Crippen LogP) is 5.03. The first kappa shape index (κ1) is 22.1. The number of halogens is 2. The fourth-order valence-corrected chi connectivity index (χ4v) is 3.76. The highest BCUT2D eigenvalue weighted by Gasteiger charge is 2.18. The molecule has 0 amide bonds. The molecule has 0 saturated carbocycles. The Labute approximate surface area is 186 Å². The molecule has 32 heavy (non-hydrogen) atoms. The first-order chi connectivity index (χ1) is 15.6. The zero-order valence-corrected chi connectivity index (χ0v) is 18.2. The number of ether oxygens (including phenoxy) is 3. The highest BCUT2D eigenvalue weighted by molar-refractivity contribution is 5.88. The van der Waals surface area contributed by atoms with Crippen molar-refractivity contribution in [2.75, 3.05) is 45.7 Å². The predicted molar refractivity (Wildman–Crippen MR) is 120 cm³/mol. The SMILES string of the molecule is CNc1ccc(Oc2ccnc3cc(OCCN4CCC(F)CC4)c(OC)cc23)c(F)c1. The van der Waals surface area contributed by atoms with Crippen molar-refractivity contribution in [3.8, 4) is 23.0 Å². The number of alkyl halides is 1. The van der Waals surface area contributed by atoms with Crippen LogP contribution in [0.1, 0.15) is 12.8 Å². The Morgan fingerprint density at radius 2 is 1.88 bits per heavy atom. The molecule has 1 fully saturated rings. The normalized spacial score (nSPS) is 15.0. The number of methoxy groups -OCH3 is 1. The summed E-state index contributed by atoms with van der Waals surface area (Å²) in [6.07, 6.45) is 2.06. The molecule has 0 bridgehead atoms. The first-order valence-corrected chi connectivity index (χ1v) is 10.7. The Balaban J connectivity index is 1.52. The summed E-state index contributed by atoms with van der Waals surface area (Å²) in [5, 5.41) is 3.57. The molecule has 1 aliphatic heterocycles. The van der Waals surface area contributed by atoms with E-state index in [9.17, 15) is 8.78 Å². The zero-order chi connectivity index (χ0) is 22.5. The van der Waals surface area contributed by atoms with Crippen molar-refractivity contribution in [2.45, 2.75) is 19.0 Å². The van der Waals surface area contributed by atoms with E-state index in [-0.39, 0.29) is 5.75 Å². The molecular formula is C24H27F2N3O3. The lowest BCUT2D eigenvalue weighted by Gasteiger charge is -2.28. The van der Waals surface area contributed by atoms with E-state index in [2.05, 4.69) is 15.2 Å². The van der Waals surface area contributed by atoms with Crippen LogP contribution in [0.4, 0.5) is 14.5 Å². The van der Waals surface area contributed by atoms with Crippen molar-refractivity contribution in [2.24, 2.45) is 0 Å². The van der Waals surface area contributed by atoms with Crippen molar-refractivity contribution < 1.29 is 23.0 Å². The fourth-order valence-electron chi connectivity index (χ4n) is 3.76. The molecule has 1 N–H and O–H groups in total. The largest absolute Gasteiger partial charge is 0.493 e. The van der Waals surface area contributed by atoms with Crippen molar-refractivity contribution in [1.29, 1.82) is 0 Å². The van der Waals surface area contributed by atoms with E-state index in [0.29, 0.717) is 59.8 Å². The van der Waals surface area contributed by atoms with Gasteiger partial charge in [0.15, 0.2) is 23.1 Å². The highest BCUT2D eigenvalue weighted by atomic mass is 19.1. The molecule has 0 aliphatic carbocycles. The second kappa shape index (κ2) is 9.99. The summed E-state index contributed by atoms with van der Waals surface area (Å²) < 4.78 is 45.0. The van der Waals surface area contributed by atoms with Gasteiger partial charge in [-0.15, -0.1) is 0 Å². The Hall–Kier alpha value is -3.13. The standard InChI is InChI=1S/C24H27F2N3O3/c1-27-17-3-4-22(19(26)13-17)32-21-5-8-28-20-15-24(23(30-2)14-18(20)21)31-12-11-29-9-6-16(25)7-10-29/h3-5,8,13-16,27H,6-7,9-12H2,1-2H3. The molecule has 6 nitrogen and oxygen atoms in total. The summed E-state index contributed by atoms with van der Waals surface area (Å²) >= 11 is 0. The molecule has 3 aromatic rings. The molecule has 2 aromatic carbocycles. The summed E-state index contributed by atoms with van der Waals surface area (Å²) in [4.78, 5) is 6.60. The maximum Gasteiger partial charge on any atom is 0.167 e. The van der Waals surface area contributed by atoms with Crippen LogP contribution in [0.3, 0.4) is 0 Å². The first-order valence-electron chi connectivity index (χ1n) is 10.7. The summed E-state index contributed by atoms with van der Waals surface area (Å²) in [5.74, 6) is 1.21. The third-order valence-corrected chi connectivity index (χ3v) is 5.61. The second-order valence-corrected chi connectivity index (χ2v) is 7.69. The van der Waals surface area contributed by atoms with E-state index in [4.69, 9.17) is 14.2 Å². The van der Waals surface area contributed by atoms with E-state index in [1.807, 2.05) is 0 Å². The van der Waals surface area contributed by atoms with E-state index >= 15 is 0 Å². The Morgan fingerprint density at radius 3 is 2.59 bits per heavy atom. The third kappa shape index (κ3) is 5.02. The van der Waals surface area contributed by atoms with Gasteiger partial charge in [-0.25, -0.2) is 8.78 Å². The van der Waals surface area contributed by atoms with Crippen LogP contribution in [0.5, 0.6) is 23.0 Å². The van der Waals surface area contributed by atoms with Gasteiger partial charge in [-0.2, -0.15) is 0 Å². The van der Waals surface area contributed by atoms with Crippen LogP contribution in [0.15, 0.2) is 42.6 Å². The minimum Gasteiger partial charge on any atom is -0.493 e. The summed E-state index contributed by atoms with van der Waals surface area (Å²) in [6, 6.07) is 9.94. The smallest absolute Gasteiger partial charge is 0.167 e. The van der Waals surface area contributed by atoms with Gasteiger partial charge in [0.25, 0.3) is 0 Å². The lowest BCUT2D eigenvalue weighted by molar-refractivity contribution is 0.131. The molecule has 0 spiro atoms. The van der Waals surface area contributed by atoms with Gasteiger partial charge in [-0.05, 0) is 37.1 Å². The van der Waals surface area contributed by atoms with Crippen LogP contribution >= 0.6 is 0 Å². The Morgan fingerprint density at radius 1 is 1.06 bits per heavy atom. The number of pyridine rings is 1. The Kier molecular flexibility index (Phi) is 6.90. The maximum absolute atomic E-state index is 14.4. The molecule has 1 aromatic heterocycles. The topological polar surface area (TPSA) is 55.8 Å². The number of rotatable bonds is 8. The quantitative estimate of drug-likeness (QED) is 0.527. The molecule has 0 radical (unpaired) electrons. The Bertz CT molecular complexity index is 1070. The average molecular weight is 443 g/mol. The number of aromatic nitrogens is 1. The highest BCUT2D eigenvalue weighted by Crippen LogP contribution is 2.37. The van der Waals surface area contributed by atoms with Gasteiger partial charge in [-0.1, -0.05) is 0 Å². The second-order valence-electron chi connectivity index (χ2n) is 7.69. The zero-order valence-electron chi connectivity index (χ0n) is 18.2. The molecule has 170 valence electrons. The number of benzene rings is 2. The lowest BCUT2D eigenvalue weighted by Crippen LogP contribution is -2.37. The number of likely N-dealkylation sites (tertiary alicyclic amines) is 1. The number of hydrogen-bond donors (Lipinski definition) is 1. The summed E-state index contributed by atoms with van der Waals surface area (Å²) in [6.45, 7) is 2.66. The van der Waals surface area contributed by atoms with E-state index in [1.165, 1.54) is 6.07 Å². The van der Waals surface area contributed by atoms with Crippen molar-refractivity contribution in [3.63, 3.8) is 0 Å². The lowest BCUT2D eigenvalue weighted by atomic mass is 10.1. The van der Waals surface area contributed by atoms with Crippen molar-refractivity contribution >= 4 is 16.6 Å². The number of piperidine rings is 1. The van der Waals surface area contributed by atoms with Crippen LogP contribution in [0, 0.1) is 5.82 Å². The van der Waals surface area contributed by atoms with Gasteiger partial charge in [0, 0.05) is 56.1 Å². The average Bonchev–Trinajstić information content (AvgIpc) is 2.81. The van der Waals surface area contributed by atoms with Crippen LogP contribution in [-0.4, -0.2) is 56.5 Å². The van der Waals surface area contributed by atoms with E-state index < -0.39 is 12.0 Å². The molecule has 8 heteroatoms. The molecule has 4 rings (SSSR count). The van der Waals surface area contributed by atoms with Gasteiger partial charge in [0.1, 0.15) is 18.5 Å². The summed E-state index contributed by atoms with van der Waals surface area (Å²) in [5.41, 5.74) is 1.30. The molecular weight excluding hydrogens is 416 g/mol. The number of hydrogen-bond acceptors (Lipinski definition) is 6. The molecule has 0 atom stereocenters. The maximum atomic E-state index is 14.4. The number of nitrogens with zero attached hydrogens (tertiary/aromatic N) is 2. The van der Waals surface area contributed by atoms with E-state index in [0.717, 1.165) is 13.1 Å². The number of fused-ring (bicyclic) bond motifs is 1. The molecule has 1 saturated heterocycles. The van der Waals surface area contributed by atoms with Crippen LogP contribution in [0.25, 0.3) is 10.9 Å². The van der Waals surface area contributed by atoms with Gasteiger partial charge in [0.05, 0.1) is 12.6 Å². The van der Waals surface area contributed by atoms with Gasteiger partial charge in [-0.3, -0.25) is 9.88 Å². The van der Waals surface area contributed by atoms with Gasteiger partial charge >= 0.3 is 0 Å². The van der Waals surface area contributed by atoms with Gasteiger partial charge < -0.3 is 19.5 Å². The van der Waals surface area contributed by atoms with E-state index in [1.54, 1.807) is 50.7 Å². The van der Waals surface area contributed by atoms with Crippen LogP contribution in [0.2, 0.25) is 0 Å². The monoisotopic (exact) mass is 443 g/mol. The molecule has 0 unspecified atom stereocenters. The molecule has 2 heterocycles. The minimum atomic E-state index is -0.690. The minimum absolute atomic E-state index is 0.118. The van der Waals surface area contributed by atoms with Crippen molar-refractivity contribution in [3.05, 3.63) is 48.4 Å². The van der Waals surface area contributed by atoms with Crippen LogP contribution in [-0.2, 0) is 0 Å². The summed E-state index contributed by atoms with van der Waals surface area (Å²) in [7, 11) is 3.29. The third-order valence-electron chi connectivity index (χ3n) is 5.61. The van der Waals surface area contributed by atoms with Gasteiger partial charge in [0.2, 0.25) is 0 Å². The number of nitrogens with one attached hydrogen (secondary N) is 1.